The molecule has 2 heterocycles. The molecule has 7 atom stereocenters. The van der Waals surface area contributed by atoms with E-state index in [9.17, 15) is 0 Å². The van der Waals surface area contributed by atoms with Crippen LogP contribution in [0, 0.1) is 0 Å². The molecule has 7 unspecified atom stereocenters. The predicted molar refractivity (Wildman–Crippen MR) is 97.2 cm³/mol. The van der Waals surface area contributed by atoms with Gasteiger partial charge in [-0.2, -0.15) is 0 Å². The molecular formula is C14H22O6P3+. The molecule has 0 N–H and O–H groups in total. The lowest BCUT2D eigenvalue weighted by molar-refractivity contribution is -0.334. The van der Waals surface area contributed by atoms with E-state index in [-0.39, 0.29) is 24.3 Å². The zero-order valence-electron chi connectivity index (χ0n) is 13.1. The van der Waals surface area contributed by atoms with Gasteiger partial charge in [-0.3, -0.25) is 4.52 Å². The van der Waals surface area contributed by atoms with Crippen molar-refractivity contribution in [1.82, 2.24) is 0 Å². The predicted octanol–water partition coefficient (Wildman–Crippen LogP) is 2.51. The minimum Gasteiger partial charge on any atom is -0.490 e. The van der Waals surface area contributed by atoms with E-state index in [2.05, 4.69) is 25.5 Å². The van der Waals surface area contributed by atoms with Crippen LogP contribution >= 0.6 is 24.2 Å². The van der Waals surface area contributed by atoms with Gasteiger partial charge in [0.1, 0.15) is 32.5 Å². The van der Waals surface area contributed by atoms with Crippen molar-refractivity contribution in [3.63, 3.8) is 0 Å². The quantitative estimate of drug-likeness (QED) is 0.477. The van der Waals surface area contributed by atoms with Gasteiger partial charge in [0.25, 0.3) is 0 Å². The average molecular weight is 379 g/mol. The molecule has 9 heteroatoms. The first-order valence-corrected chi connectivity index (χ1v) is 11.3. The van der Waals surface area contributed by atoms with Crippen molar-refractivity contribution in [2.75, 3.05) is 19.6 Å². The smallest absolute Gasteiger partial charge is 0.324 e. The largest absolute Gasteiger partial charge is 0.490 e. The van der Waals surface area contributed by atoms with Crippen LogP contribution in [0.4, 0.5) is 0 Å². The second-order valence-electron chi connectivity index (χ2n) is 5.03. The first kappa shape index (κ1) is 19.2. The van der Waals surface area contributed by atoms with Crippen molar-refractivity contribution in [2.45, 2.75) is 36.7 Å². The molecule has 0 bridgehead atoms. The molecular weight excluding hydrogens is 357 g/mol. The van der Waals surface area contributed by atoms with Crippen molar-refractivity contribution in [1.29, 1.82) is 0 Å². The number of fused-ring (bicyclic) bond motifs is 1. The SMILES string of the molecule is C=COC1C(OP=C)OC2COC([P+](=C)C)OC2C1OCP=C. The zero-order valence-corrected chi connectivity index (χ0v) is 15.8. The van der Waals surface area contributed by atoms with E-state index in [0.717, 1.165) is 8.20 Å². The van der Waals surface area contributed by atoms with Gasteiger partial charge in [0.05, 0.1) is 33.9 Å². The molecule has 0 radical (unpaired) electrons. The van der Waals surface area contributed by atoms with Gasteiger partial charge in [-0.05, 0) is 6.30 Å². The van der Waals surface area contributed by atoms with Crippen LogP contribution in [-0.2, 0) is 28.2 Å². The number of hydrogen-bond acceptors (Lipinski definition) is 6. The molecule has 2 aliphatic rings. The van der Waals surface area contributed by atoms with Crippen molar-refractivity contribution in [3.8, 4) is 0 Å². The third kappa shape index (κ3) is 4.69. The van der Waals surface area contributed by atoms with Crippen LogP contribution in [0.3, 0.4) is 0 Å². The maximum atomic E-state index is 6.05. The molecule has 23 heavy (non-hydrogen) atoms. The fourth-order valence-corrected chi connectivity index (χ4v) is 3.78. The van der Waals surface area contributed by atoms with Crippen molar-refractivity contribution in [2.24, 2.45) is 0 Å². The highest BCUT2D eigenvalue weighted by molar-refractivity contribution is 7.55. The van der Waals surface area contributed by atoms with E-state index in [4.69, 9.17) is 28.2 Å². The summed E-state index contributed by atoms with van der Waals surface area (Å²) >= 11 is 0. The van der Waals surface area contributed by atoms with Gasteiger partial charge in [0.15, 0.2) is 6.10 Å². The van der Waals surface area contributed by atoms with Crippen molar-refractivity contribution in [3.05, 3.63) is 12.8 Å². The molecule has 0 spiro atoms. The van der Waals surface area contributed by atoms with E-state index < -0.39 is 19.9 Å². The highest BCUT2D eigenvalue weighted by atomic mass is 31.1. The second-order valence-corrected chi connectivity index (χ2v) is 8.14. The summed E-state index contributed by atoms with van der Waals surface area (Å²) in [6.45, 7) is 6.01. The van der Waals surface area contributed by atoms with E-state index in [0.29, 0.717) is 21.4 Å². The van der Waals surface area contributed by atoms with E-state index in [1.165, 1.54) is 6.26 Å². The minimum atomic E-state index is -0.646. The molecule has 6 nitrogen and oxygen atoms in total. The molecule has 0 amide bonds. The van der Waals surface area contributed by atoms with Gasteiger partial charge in [0, 0.05) is 0 Å². The van der Waals surface area contributed by atoms with E-state index in [1.54, 1.807) is 0 Å². The third-order valence-electron chi connectivity index (χ3n) is 3.42. The van der Waals surface area contributed by atoms with Gasteiger partial charge in [-0.25, -0.2) is 0 Å². The Morgan fingerprint density at radius 2 is 2.09 bits per heavy atom. The van der Waals surface area contributed by atoms with Crippen LogP contribution in [0.25, 0.3) is 0 Å². The molecule has 0 aromatic carbocycles. The summed E-state index contributed by atoms with van der Waals surface area (Å²) in [5.74, 6) is 0. The topological polar surface area (TPSA) is 55.4 Å². The van der Waals surface area contributed by atoms with Gasteiger partial charge >= 0.3 is 6.03 Å². The molecule has 0 aliphatic carbocycles. The average Bonchev–Trinajstić information content (AvgIpc) is 2.54. The Hall–Kier alpha value is -0.150. The van der Waals surface area contributed by atoms with Gasteiger partial charge in [0.2, 0.25) is 6.29 Å². The maximum Gasteiger partial charge on any atom is 0.324 e. The Balaban J connectivity index is 2.23. The van der Waals surface area contributed by atoms with Gasteiger partial charge in [-0.1, -0.05) is 21.1 Å². The first-order chi connectivity index (χ1) is 11.1. The van der Waals surface area contributed by atoms with Crippen molar-refractivity contribution < 1.29 is 28.2 Å². The van der Waals surface area contributed by atoms with Crippen LogP contribution in [0.5, 0.6) is 0 Å². The summed E-state index contributed by atoms with van der Waals surface area (Å²) in [4.78, 5) is 0. The number of ether oxygens (including phenoxy) is 5. The van der Waals surface area contributed by atoms with Crippen LogP contribution in [-0.4, -0.2) is 75.3 Å². The maximum absolute atomic E-state index is 6.05. The van der Waals surface area contributed by atoms with E-state index in [1.807, 2.05) is 6.66 Å². The summed E-state index contributed by atoms with van der Waals surface area (Å²) in [6.07, 6.45) is 11.1. The number of rotatable bonds is 8. The molecule has 0 saturated carbocycles. The lowest BCUT2D eigenvalue weighted by Crippen LogP contribution is -2.63. The lowest BCUT2D eigenvalue weighted by Gasteiger charge is -2.46. The standard InChI is InChI=1S/C14H22O6P3/c1-6-15-12-11(17-8-21-2)10-9(18-13(12)20-22-3)7-16-14(19-10)23(4)5/h6,9-14H,1-4,7-8H2,5H3/q+1. The molecule has 0 aromatic heterocycles. The molecule has 0 aromatic rings. The van der Waals surface area contributed by atoms with Crippen LogP contribution < -0.4 is 0 Å². The highest BCUT2D eigenvalue weighted by Gasteiger charge is 2.53. The normalized spacial score (nSPS) is 38.0. The summed E-state index contributed by atoms with van der Waals surface area (Å²) in [6, 6.07) is -0.342. The zero-order chi connectivity index (χ0) is 16.8. The van der Waals surface area contributed by atoms with Gasteiger partial charge in [-0.15, -0.1) is 0 Å². The summed E-state index contributed by atoms with van der Waals surface area (Å²) in [5.41, 5.74) is 0. The van der Waals surface area contributed by atoms with Crippen LogP contribution in [0.2, 0.25) is 0 Å². The Kier molecular flexibility index (Phi) is 7.81. The molecule has 128 valence electrons. The Morgan fingerprint density at radius 3 is 2.70 bits per heavy atom. The summed E-state index contributed by atoms with van der Waals surface area (Å²) < 4.78 is 34.8. The minimum absolute atomic E-state index is 0.302. The Morgan fingerprint density at radius 1 is 1.30 bits per heavy atom. The monoisotopic (exact) mass is 379 g/mol. The van der Waals surface area contributed by atoms with Crippen molar-refractivity contribution >= 4 is 43.1 Å². The first-order valence-electron chi connectivity index (χ1n) is 7.00. The lowest BCUT2D eigenvalue weighted by atomic mass is 9.98. The number of hydrogen-bond donors (Lipinski definition) is 0. The fourth-order valence-electron chi connectivity index (χ4n) is 2.50. The summed E-state index contributed by atoms with van der Waals surface area (Å²) in [7, 11) is 0.716. The molecule has 2 aliphatic heterocycles. The van der Waals surface area contributed by atoms with E-state index >= 15 is 0 Å². The summed E-state index contributed by atoms with van der Waals surface area (Å²) in [5, 5.41) is 0. The Bertz CT molecular complexity index is 460. The third-order valence-corrected chi connectivity index (χ3v) is 5.10. The molecule has 2 saturated heterocycles. The Labute approximate surface area is 141 Å². The second kappa shape index (κ2) is 9.36. The molecule has 2 fully saturated rings. The van der Waals surface area contributed by atoms with Crippen LogP contribution in [0.15, 0.2) is 12.8 Å². The van der Waals surface area contributed by atoms with Gasteiger partial charge < -0.3 is 23.7 Å². The van der Waals surface area contributed by atoms with Crippen LogP contribution in [0.1, 0.15) is 0 Å². The fraction of sp³-hybridized carbons (Fsp3) is 0.643. The highest BCUT2D eigenvalue weighted by Crippen LogP contribution is 2.38. The molecule has 2 rings (SSSR count).